The number of amides is 1. The number of nitrogens with one attached hydrogen (secondary N) is 1. The van der Waals surface area contributed by atoms with Crippen molar-refractivity contribution in [3.8, 4) is 0 Å². The van der Waals surface area contributed by atoms with Gasteiger partial charge in [0.15, 0.2) is 0 Å². The first-order chi connectivity index (χ1) is 14.1. The molecule has 0 saturated heterocycles. The maximum absolute atomic E-state index is 13.2. The number of fused-ring (bicyclic) bond motifs is 1. The van der Waals surface area contributed by atoms with Gasteiger partial charge in [-0.15, -0.1) is 0 Å². The molecular weight excluding hydrogens is 389 g/mol. The molecule has 4 aromatic rings. The molecule has 3 aromatic carbocycles. The van der Waals surface area contributed by atoms with Gasteiger partial charge in [-0.3, -0.25) is 4.79 Å². The summed E-state index contributed by atoms with van der Waals surface area (Å²) in [6, 6.07) is 21.1. The predicted molar refractivity (Wildman–Crippen MR) is 113 cm³/mol. The van der Waals surface area contributed by atoms with Gasteiger partial charge in [0.05, 0.1) is 11.0 Å². The van der Waals surface area contributed by atoms with Gasteiger partial charge in [0.2, 0.25) is 0 Å². The average Bonchev–Trinajstić information content (AvgIpc) is 3.07. The molecule has 0 bridgehead atoms. The molecule has 0 radical (unpaired) electrons. The normalized spacial score (nSPS) is 11.0. The second-order valence-corrected chi connectivity index (χ2v) is 7.18. The van der Waals surface area contributed by atoms with Crippen molar-refractivity contribution in [1.29, 1.82) is 0 Å². The largest absolute Gasteiger partial charge is 0.352 e. The van der Waals surface area contributed by atoms with Crippen LogP contribution in [-0.2, 0) is 13.0 Å². The summed E-state index contributed by atoms with van der Waals surface area (Å²) >= 11 is 5.87. The molecule has 4 rings (SSSR count). The molecule has 0 aliphatic rings. The summed E-state index contributed by atoms with van der Waals surface area (Å²) in [4.78, 5) is 17.0. The van der Waals surface area contributed by atoms with Crippen LogP contribution < -0.4 is 5.32 Å². The first-order valence-electron chi connectivity index (χ1n) is 9.32. The van der Waals surface area contributed by atoms with Gasteiger partial charge >= 0.3 is 0 Å². The standard InChI is InChI=1S/C23H19ClFN3O/c24-18-9-7-17(8-10-18)23(29)26-14-13-22-27-20-3-1-2-4-21(20)28(22)15-16-5-11-19(25)12-6-16/h1-12H,13-15H2,(H,26,29). The Kier molecular flexibility index (Phi) is 5.58. The first kappa shape index (κ1) is 19.2. The van der Waals surface area contributed by atoms with E-state index in [0.717, 1.165) is 22.4 Å². The highest BCUT2D eigenvalue weighted by Gasteiger charge is 2.12. The summed E-state index contributed by atoms with van der Waals surface area (Å²) in [7, 11) is 0. The maximum Gasteiger partial charge on any atom is 0.251 e. The van der Waals surface area contributed by atoms with Crippen molar-refractivity contribution in [3.63, 3.8) is 0 Å². The van der Waals surface area contributed by atoms with Gasteiger partial charge in [0.25, 0.3) is 5.91 Å². The maximum atomic E-state index is 13.2. The Morgan fingerprint density at radius 1 is 1.00 bits per heavy atom. The minimum Gasteiger partial charge on any atom is -0.352 e. The molecular formula is C23H19ClFN3O. The zero-order chi connectivity index (χ0) is 20.2. The lowest BCUT2D eigenvalue weighted by Gasteiger charge is -2.10. The minimum atomic E-state index is -0.255. The van der Waals surface area contributed by atoms with Crippen LogP contribution in [0.1, 0.15) is 21.7 Å². The monoisotopic (exact) mass is 407 g/mol. The molecule has 1 heterocycles. The number of para-hydroxylation sites is 2. The van der Waals surface area contributed by atoms with Crippen molar-refractivity contribution in [2.24, 2.45) is 0 Å². The summed E-state index contributed by atoms with van der Waals surface area (Å²) in [5.74, 6) is 0.462. The van der Waals surface area contributed by atoms with Gasteiger partial charge in [-0.05, 0) is 54.1 Å². The highest BCUT2D eigenvalue weighted by molar-refractivity contribution is 6.30. The summed E-state index contributed by atoms with van der Waals surface area (Å²) in [5.41, 5.74) is 3.46. The lowest BCUT2D eigenvalue weighted by molar-refractivity contribution is 0.0954. The van der Waals surface area contributed by atoms with Crippen LogP contribution in [0.4, 0.5) is 4.39 Å². The summed E-state index contributed by atoms with van der Waals surface area (Å²) in [5, 5.41) is 3.52. The third-order valence-electron chi connectivity index (χ3n) is 4.73. The molecule has 29 heavy (non-hydrogen) atoms. The number of imidazole rings is 1. The Morgan fingerprint density at radius 3 is 2.48 bits per heavy atom. The van der Waals surface area contributed by atoms with Crippen molar-refractivity contribution in [1.82, 2.24) is 14.9 Å². The van der Waals surface area contributed by atoms with E-state index >= 15 is 0 Å². The number of hydrogen-bond donors (Lipinski definition) is 1. The van der Waals surface area contributed by atoms with Crippen molar-refractivity contribution < 1.29 is 9.18 Å². The van der Waals surface area contributed by atoms with E-state index in [0.29, 0.717) is 30.1 Å². The molecule has 0 aliphatic heterocycles. The molecule has 1 N–H and O–H groups in total. The lowest BCUT2D eigenvalue weighted by Crippen LogP contribution is -2.26. The number of carbonyl (C=O) groups excluding carboxylic acids is 1. The van der Waals surface area contributed by atoms with Crippen LogP contribution in [0.3, 0.4) is 0 Å². The fourth-order valence-corrected chi connectivity index (χ4v) is 3.38. The molecule has 4 nitrogen and oxygen atoms in total. The van der Waals surface area contributed by atoms with Gasteiger partial charge in [-0.2, -0.15) is 0 Å². The van der Waals surface area contributed by atoms with Crippen molar-refractivity contribution >= 4 is 28.5 Å². The van der Waals surface area contributed by atoms with E-state index < -0.39 is 0 Å². The highest BCUT2D eigenvalue weighted by atomic mass is 35.5. The van der Waals surface area contributed by atoms with Gasteiger partial charge in [-0.1, -0.05) is 35.9 Å². The van der Waals surface area contributed by atoms with E-state index in [1.165, 1.54) is 12.1 Å². The van der Waals surface area contributed by atoms with Gasteiger partial charge in [0.1, 0.15) is 11.6 Å². The lowest BCUT2D eigenvalue weighted by atomic mass is 10.2. The van der Waals surface area contributed by atoms with Crippen LogP contribution in [0, 0.1) is 5.82 Å². The van der Waals surface area contributed by atoms with Crippen LogP contribution in [0.2, 0.25) is 5.02 Å². The van der Waals surface area contributed by atoms with Gasteiger partial charge in [-0.25, -0.2) is 9.37 Å². The Labute approximate surface area is 173 Å². The van der Waals surface area contributed by atoms with Crippen LogP contribution in [-0.4, -0.2) is 22.0 Å². The van der Waals surface area contributed by atoms with E-state index in [9.17, 15) is 9.18 Å². The Balaban J connectivity index is 1.51. The fourth-order valence-electron chi connectivity index (χ4n) is 3.26. The Hall–Kier alpha value is -3.18. The van der Waals surface area contributed by atoms with Crippen LogP contribution in [0.15, 0.2) is 72.8 Å². The molecule has 0 fully saturated rings. The zero-order valence-electron chi connectivity index (χ0n) is 15.6. The van der Waals surface area contributed by atoms with Gasteiger partial charge < -0.3 is 9.88 Å². The molecule has 6 heteroatoms. The number of nitrogens with zero attached hydrogens (tertiary/aromatic N) is 2. The quantitative estimate of drug-likeness (QED) is 0.496. The van der Waals surface area contributed by atoms with Crippen molar-refractivity contribution in [2.45, 2.75) is 13.0 Å². The molecule has 146 valence electrons. The van der Waals surface area contributed by atoms with Crippen molar-refractivity contribution in [2.75, 3.05) is 6.54 Å². The second-order valence-electron chi connectivity index (χ2n) is 6.74. The van der Waals surface area contributed by atoms with Gasteiger partial charge in [0, 0.05) is 30.1 Å². The first-order valence-corrected chi connectivity index (χ1v) is 9.70. The Bertz CT molecular complexity index is 1140. The molecule has 0 atom stereocenters. The molecule has 1 aromatic heterocycles. The fraction of sp³-hybridized carbons (Fsp3) is 0.130. The van der Waals surface area contributed by atoms with Crippen molar-refractivity contribution in [3.05, 3.63) is 101 Å². The SMILES string of the molecule is O=C(NCCc1nc2ccccc2n1Cc1ccc(F)cc1)c1ccc(Cl)cc1. The van der Waals surface area contributed by atoms with Crippen LogP contribution in [0.5, 0.6) is 0 Å². The minimum absolute atomic E-state index is 0.150. The van der Waals surface area contributed by atoms with Crippen LogP contribution >= 0.6 is 11.6 Å². The number of benzene rings is 3. The number of halogens is 2. The number of hydrogen-bond acceptors (Lipinski definition) is 2. The van der Waals surface area contributed by atoms with E-state index in [4.69, 9.17) is 16.6 Å². The summed E-state index contributed by atoms with van der Waals surface area (Å²) in [6.45, 7) is 1.04. The predicted octanol–water partition coefficient (Wildman–Crippen LogP) is 4.85. The zero-order valence-corrected chi connectivity index (χ0v) is 16.4. The van der Waals surface area contributed by atoms with E-state index in [-0.39, 0.29) is 11.7 Å². The number of rotatable bonds is 6. The highest BCUT2D eigenvalue weighted by Crippen LogP contribution is 2.18. The Morgan fingerprint density at radius 2 is 1.72 bits per heavy atom. The van der Waals surface area contributed by atoms with E-state index in [2.05, 4.69) is 9.88 Å². The topological polar surface area (TPSA) is 46.9 Å². The van der Waals surface area contributed by atoms with E-state index in [1.807, 2.05) is 24.3 Å². The molecule has 0 aliphatic carbocycles. The number of carbonyl (C=O) groups is 1. The van der Waals surface area contributed by atoms with Crippen LogP contribution in [0.25, 0.3) is 11.0 Å². The van der Waals surface area contributed by atoms with E-state index in [1.54, 1.807) is 36.4 Å². The third-order valence-corrected chi connectivity index (χ3v) is 4.98. The summed E-state index contributed by atoms with van der Waals surface area (Å²) < 4.78 is 15.3. The number of aromatic nitrogens is 2. The molecule has 0 unspecified atom stereocenters. The summed E-state index contributed by atoms with van der Waals surface area (Å²) in [6.07, 6.45) is 0.579. The average molecular weight is 408 g/mol. The third kappa shape index (κ3) is 4.46. The molecule has 0 spiro atoms. The second kappa shape index (κ2) is 8.45. The molecule has 0 saturated carbocycles. The smallest absolute Gasteiger partial charge is 0.251 e. The molecule has 1 amide bonds.